The summed E-state index contributed by atoms with van der Waals surface area (Å²) in [5, 5.41) is 5.58. The van der Waals surface area contributed by atoms with Gasteiger partial charge >= 0.3 is 0 Å². The van der Waals surface area contributed by atoms with Crippen LogP contribution in [0.3, 0.4) is 0 Å². The van der Waals surface area contributed by atoms with Crippen LogP contribution in [0.25, 0.3) is 0 Å². The molecule has 2 rings (SSSR count). The Morgan fingerprint density at radius 2 is 2.60 bits per heavy atom. The van der Waals surface area contributed by atoms with E-state index in [0.29, 0.717) is 6.04 Å². The van der Waals surface area contributed by atoms with Crippen molar-refractivity contribution in [2.24, 2.45) is 0 Å². The minimum atomic E-state index is 0.0320. The summed E-state index contributed by atoms with van der Waals surface area (Å²) < 4.78 is 5.73. The van der Waals surface area contributed by atoms with Crippen molar-refractivity contribution < 1.29 is 4.74 Å². The Kier molecular flexibility index (Phi) is 3.38. The molecule has 0 bridgehead atoms. The van der Waals surface area contributed by atoms with Crippen molar-refractivity contribution >= 4 is 11.3 Å². The van der Waals surface area contributed by atoms with Gasteiger partial charge in [0.25, 0.3) is 0 Å². The van der Waals surface area contributed by atoms with Crippen molar-refractivity contribution in [2.75, 3.05) is 13.2 Å². The summed E-state index contributed by atoms with van der Waals surface area (Å²) in [7, 11) is 0. The Morgan fingerprint density at radius 1 is 1.73 bits per heavy atom. The summed E-state index contributed by atoms with van der Waals surface area (Å²) in [6.07, 6.45) is 2.34. The molecular formula is C11H18N2OS. The van der Waals surface area contributed by atoms with Crippen LogP contribution < -0.4 is 5.32 Å². The summed E-state index contributed by atoms with van der Waals surface area (Å²) in [6.45, 7) is 6.14. The lowest BCUT2D eigenvalue weighted by atomic mass is 10.0. The van der Waals surface area contributed by atoms with Gasteiger partial charge in [0.15, 0.2) is 0 Å². The van der Waals surface area contributed by atoms with E-state index in [4.69, 9.17) is 4.74 Å². The van der Waals surface area contributed by atoms with Gasteiger partial charge in [-0.3, -0.25) is 0 Å². The molecule has 1 saturated heterocycles. The summed E-state index contributed by atoms with van der Waals surface area (Å²) in [6, 6.07) is 0.317. The molecule has 15 heavy (non-hydrogen) atoms. The van der Waals surface area contributed by atoms with Gasteiger partial charge in [-0.05, 0) is 26.7 Å². The Hall–Kier alpha value is -0.450. The third-order valence-corrected chi connectivity index (χ3v) is 3.58. The van der Waals surface area contributed by atoms with E-state index in [9.17, 15) is 0 Å². The number of nitrogens with zero attached hydrogens (tertiary/aromatic N) is 1. The zero-order valence-electron chi connectivity index (χ0n) is 9.32. The number of rotatable bonds is 4. The predicted octanol–water partition coefficient (Wildman–Crippen LogP) is 2.36. The van der Waals surface area contributed by atoms with Gasteiger partial charge < -0.3 is 10.1 Å². The van der Waals surface area contributed by atoms with Gasteiger partial charge in [0.2, 0.25) is 0 Å². The first kappa shape index (κ1) is 11.0. The molecule has 1 fully saturated rings. The van der Waals surface area contributed by atoms with Gasteiger partial charge in [0, 0.05) is 24.6 Å². The van der Waals surface area contributed by atoms with E-state index in [1.54, 1.807) is 11.3 Å². The fourth-order valence-electron chi connectivity index (χ4n) is 1.89. The summed E-state index contributed by atoms with van der Waals surface area (Å²) >= 11 is 1.64. The van der Waals surface area contributed by atoms with Crippen LogP contribution in [0.5, 0.6) is 0 Å². The first-order chi connectivity index (χ1) is 7.20. The lowest BCUT2D eigenvalue weighted by Crippen LogP contribution is -2.38. The number of ether oxygens (including phenoxy) is 1. The van der Waals surface area contributed by atoms with Crippen molar-refractivity contribution in [3.63, 3.8) is 0 Å². The molecule has 0 aliphatic carbocycles. The van der Waals surface area contributed by atoms with Crippen molar-refractivity contribution in [1.29, 1.82) is 0 Å². The summed E-state index contributed by atoms with van der Waals surface area (Å²) in [4.78, 5) is 4.30. The van der Waals surface area contributed by atoms with E-state index in [-0.39, 0.29) is 5.60 Å². The molecule has 1 aliphatic rings. The maximum absolute atomic E-state index is 5.73. The number of hydrogen-bond donors (Lipinski definition) is 1. The Labute approximate surface area is 94.9 Å². The van der Waals surface area contributed by atoms with E-state index < -0.39 is 0 Å². The molecule has 2 atom stereocenters. The van der Waals surface area contributed by atoms with Crippen LogP contribution in [0.2, 0.25) is 0 Å². The molecule has 84 valence electrons. The van der Waals surface area contributed by atoms with E-state index >= 15 is 0 Å². The summed E-state index contributed by atoms with van der Waals surface area (Å²) in [5.41, 5.74) is 3.03. The molecule has 0 aromatic carbocycles. The van der Waals surface area contributed by atoms with Crippen LogP contribution in [0.4, 0.5) is 0 Å². The quantitative estimate of drug-likeness (QED) is 0.856. The van der Waals surface area contributed by atoms with E-state index in [2.05, 4.69) is 29.5 Å². The van der Waals surface area contributed by atoms with Crippen LogP contribution in [0.1, 0.15) is 38.4 Å². The van der Waals surface area contributed by atoms with E-state index in [1.807, 2.05) is 5.51 Å². The largest absolute Gasteiger partial charge is 0.374 e. The fourth-order valence-corrected chi connectivity index (χ4v) is 2.53. The van der Waals surface area contributed by atoms with Crippen molar-refractivity contribution in [3.8, 4) is 0 Å². The zero-order valence-corrected chi connectivity index (χ0v) is 10.1. The molecule has 0 saturated carbocycles. The second-order valence-corrected chi connectivity index (χ2v) is 5.14. The van der Waals surface area contributed by atoms with E-state index in [0.717, 1.165) is 25.3 Å². The van der Waals surface area contributed by atoms with Crippen LogP contribution in [0, 0.1) is 0 Å². The minimum absolute atomic E-state index is 0.0320. The number of aromatic nitrogens is 1. The Morgan fingerprint density at radius 3 is 3.20 bits per heavy atom. The van der Waals surface area contributed by atoms with Crippen LogP contribution >= 0.6 is 11.3 Å². The fraction of sp³-hybridized carbons (Fsp3) is 0.727. The van der Waals surface area contributed by atoms with Crippen molar-refractivity contribution in [1.82, 2.24) is 10.3 Å². The SMILES string of the molecule is CC(NCC1(C)CCCO1)c1cscn1. The first-order valence-corrected chi connectivity index (χ1v) is 6.39. The molecular weight excluding hydrogens is 208 g/mol. The average Bonchev–Trinajstić information content (AvgIpc) is 2.85. The molecule has 0 spiro atoms. The second-order valence-electron chi connectivity index (χ2n) is 4.42. The van der Waals surface area contributed by atoms with Gasteiger partial charge in [-0.25, -0.2) is 4.98 Å². The molecule has 4 heteroatoms. The van der Waals surface area contributed by atoms with Gasteiger partial charge in [0.1, 0.15) is 0 Å². The molecule has 2 heterocycles. The molecule has 1 N–H and O–H groups in total. The van der Waals surface area contributed by atoms with Crippen LogP contribution in [-0.4, -0.2) is 23.7 Å². The van der Waals surface area contributed by atoms with Crippen LogP contribution in [0.15, 0.2) is 10.9 Å². The maximum atomic E-state index is 5.73. The molecule has 1 aromatic rings. The average molecular weight is 226 g/mol. The maximum Gasteiger partial charge on any atom is 0.0795 e. The lowest BCUT2D eigenvalue weighted by Gasteiger charge is -2.25. The van der Waals surface area contributed by atoms with Gasteiger partial charge in [-0.2, -0.15) is 0 Å². The van der Waals surface area contributed by atoms with Crippen LogP contribution in [-0.2, 0) is 4.74 Å². The summed E-state index contributed by atoms with van der Waals surface area (Å²) in [5.74, 6) is 0. The molecule has 0 amide bonds. The highest BCUT2D eigenvalue weighted by molar-refractivity contribution is 7.07. The predicted molar refractivity (Wildman–Crippen MR) is 62.1 cm³/mol. The monoisotopic (exact) mass is 226 g/mol. The topological polar surface area (TPSA) is 34.1 Å². The Balaban J connectivity index is 1.83. The lowest BCUT2D eigenvalue weighted by molar-refractivity contribution is 0.0190. The van der Waals surface area contributed by atoms with Gasteiger partial charge in [-0.1, -0.05) is 0 Å². The Bertz CT molecular complexity index is 294. The zero-order chi connectivity index (χ0) is 10.7. The first-order valence-electron chi connectivity index (χ1n) is 5.45. The molecule has 3 nitrogen and oxygen atoms in total. The standard InChI is InChI=1S/C11H18N2OS/c1-9(10-6-15-8-13-10)12-7-11(2)4-3-5-14-11/h6,8-9,12H,3-5,7H2,1-2H3. The van der Waals surface area contributed by atoms with Gasteiger partial charge in [0.05, 0.1) is 16.8 Å². The minimum Gasteiger partial charge on any atom is -0.374 e. The number of thiazole rings is 1. The van der Waals surface area contributed by atoms with Crippen molar-refractivity contribution in [2.45, 2.75) is 38.3 Å². The third-order valence-electron chi connectivity index (χ3n) is 2.98. The highest BCUT2D eigenvalue weighted by atomic mass is 32.1. The third kappa shape index (κ3) is 2.77. The highest BCUT2D eigenvalue weighted by Gasteiger charge is 2.29. The molecule has 2 unspecified atom stereocenters. The molecule has 1 aromatic heterocycles. The van der Waals surface area contributed by atoms with E-state index in [1.165, 1.54) is 6.42 Å². The van der Waals surface area contributed by atoms with Gasteiger partial charge in [-0.15, -0.1) is 11.3 Å². The number of nitrogens with one attached hydrogen (secondary N) is 1. The second kappa shape index (κ2) is 4.60. The highest BCUT2D eigenvalue weighted by Crippen LogP contribution is 2.25. The number of hydrogen-bond acceptors (Lipinski definition) is 4. The smallest absolute Gasteiger partial charge is 0.0795 e. The molecule has 1 aliphatic heterocycles. The molecule has 0 radical (unpaired) electrons. The normalized spacial score (nSPS) is 28.1. The van der Waals surface area contributed by atoms with Crippen molar-refractivity contribution in [3.05, 3.63) is 16.6 Å².